The lowest BCUT2D eigenvalue weighted by Crippen LogP contribution is -2.33. The average molecular weight is 369 g/mol. The molecule has 0 aromatic rings. The molecule has 0 atom stereocenters. The fourth-order valence-electron chi connectivity index (χ4n) is 3.62. The normalized spacial score (nSPS) is 19.8. The van der Waals surface area contributed by atoms with Gasteiger partial charge in [-0.05, 0) is 44.4 Å². The molecule has 150 valence electrons. The third kappa shape index (κ3) is 11.1. The minimum Gasteiger partial charge on any atom is -0.481 e. The van der Waals surface area contributed by atoms with Crippen LogP contribution in [0.5, 0.6) is 0 Å². The number of carboxylic acid groups (broad SMARTS) is 1. The van der Waals surface area contributed by atoms with Gasteiger partial charge in [0.05, 0.1) is 0 Å². The molecule has 0 bridgehead atoms. The average Bonchev–Trinajstić information content (AvgIpc) is 2.61. The zero-order valence-electron chi connectivity index (χ0n) is 16.0. The molecular weight excluding hydrogens is 332 g/mol. The van der Waals surface area contributed by atoms with Gasteiger partial charge in [-0.15, -0.1) is 0 Å². The molecule has 6 heteroatoms. The van der Waals surface area contributed by atoms with Crippen LogP contribution in [-0.2, 0) is 14.4 Å². The molecule has 1 saturated carbocycles. The molecule has 0 aromatic heterocycles. The maximum absolute atomic E-state index is 11.9. The molecule has 2 amide bonds. The number of carbonyl (C=O) groups excluding carboxylic acids is 2. The first kappa shape index (κ1) is 22.5. The Morgan fingerprint density at radius 1 is 0.808 bits per heavy atom. The Kier molecular flexibility index (Phi) is 11.7. The molecule has 0 aromatic carbocycles. The summed E-state index contributed by atoms with van der Waals surface area (Å²) in [6.07, 6.45) is 12.9. The molecule has 6 nitrogen and oxygen atoms in total. The Labute approximate surface area is 157 Å². The zero-order chi connectivity index (χ0) is 19.2. The highest BCUT2D eigenvalue weighted by molar-refractivity contribution is 5.77. The number of aliphatic carboxylic acids is 1. The summed E-state index contributed by atoms with van der Waals surface area (Å²) in [7, 11) is 0. The number of amides is 2. The predicted molar refractivity (Wildman–Crippen MR) is 101 cm³/mol. The van der Waals surface area contributed by atoms with E-state index < -0.39 is 5.97 Å². The van der Waals surface area contributed by atoms with Gasteiger partial charge in [-0.3, -0.25) is 14.4 Å². The van der Waals surface area contributed by atoms with Crippen molar-refractivity contribution in [2.75, 3.05) is 6.54 Å². The van der Waals surface area contributed by atoms with Crippen molar-refractivity contribution in [3.63, 3.8) is 0 Å². The van der Waals surface area contributed by atoms with Gasteiger partial charge in [-0.25, -0.2) is 0 Å². The van der Waals surface area contributed by atoms with Gasteiger partial charge in [0, 0.05) is 25.3 Å². The van der Waals surface area contributed by atoms with Crippen LogP contribution in [0.3, 0.4) is 0 Å². The largest absolute Gasteiger partial charge is 0.481 e. The summed E-state index contributed by atoms with van der Waals surface area (Å²) in [5.41, 5.74) is 5.34. The first-order valence-electron chi connectivity index (χ1n) is 10.3. The van der Waals surface area contributed by atoms with Crippen LogP contribution in [0.25, 0.3) is 0 Å². The molecule has 0 spiro atoms. The predicted octanol–water partition coefficient (Wildman–Crippen LogP) is 3.38. The van der Waals surface area contributed by atoms with E-state index in [1.165, 1.54) is 0 Å². The SMILES string of the molecule is NC(=O)C1CCC(CNC(=O)CCCCCCCCCCC(=O)O)CC1. The van der Waals surface area contributed by atoms with Crippen molar-refractivity contribution in [3.8, 4) is 0 Å². The highest BCUT2D eigenvalue weighted by Gasteiger charge is 2.24. The number of rotatable bonds is 14. The number of hydrogen-bond donors (Lipinski definition) is 3. The fraction of sp³-hybridized carbons (Fsp3) is 0.850. The molecule has 1 aliphatic carbocycles. The number of nitrogens with one attached hydrogen (secondary N) is 1. The van der Waals surface area contributed by atoms with Crippen LogP contribution < -0.4 is 11.1 Å². The molecule has 0 heterocycles. The fourth-order valence-corrected chi connectivity index (χ4v) is 3.62. The number of carboxylic acids is 1. The van der Waals surface area contributed by atoms with E-state index >= 15 is 0 Å². The molecule has 1 aliphatic rings. The van der Waals surface area contributed by atoms with Gasteiger partial charge in [0.25, 0.3) is 0 Å². The van der Waals surface area contributed by atoms with Crippen molar-refractivity contribution in [1.82, 2.24) is 5.32 Å². The third-order valence-corrected chi connectivity index (χ3v) is 5.38. The molecule has 1 rings (SSSR count). The van der Waals surface area contributed by atoms with E-state index in [2.05, 4.69) is 5.32 Å². The summed E-state index contributed by atoms with van der Waals surface area (Å²) in [5, 5.41) is 11.6. The van der Waals surface area contributed by atoms with Crippen molar-refractivity contribution >= 4 is 17.8 Å². The number of nitrogens with two attached hydrogens (primary N) is 1. The summed E-state index contributed by atoms with van der Waals surface area (Å²) in [6, 6.07) is 0. The van der Waals surface area contributed by atoms with E-state index in [4.69, 9.17) is 10.8 Å². The molecule has 4 N–H and O–H groups in total. The summed E-state index contributed by atoms with van der Waals surface area (Å²) in [6.45, 7) is 0.723. The summed E-state index contributed by atoms with van der Waals surface area (Å²) >= 11 is 0. The van der Waals surface area contributed by atoms with Crippen molar-refractivity contribution in [2.45, 2.75) is 89.9 Å². The van der Waals surface area contributed by atoms with Gasteiger partial charge in [0.15, 0.2) is 0 Å². The van der Waals surface area contributed by atoms with Crippen LogP contribution in [0, 0.1) is 11.8 Å². The molecule has 0 saturated heterocycles. The number of carbonyl (C=O) groups is 3. The Morgan fingerprint density at radius 2 is 1.31 bits per heavy atom. The lowest BCUT2D eigenvalue weighted by atomic mass is 9.81. The van der Waals surface area contributed by atoms with Crippen LogP contribution in [-0.4, -0.2) is 29.4 Å². The molecular formula is C20H36N2O4. The summed E-state index contributed by atoms with van der Waals surface area (Å²) in [4.78, 5) is 33.4. The van der Waals surface area contributed by atoms with Crippen LogP contribution in [0.15, 0.2) is 0 Å². The molecule has 0 radical (unpaired) electrons. The first-order chi connectivity index (χ1) is 12.5. The zero-order valence-corrected chi connectivity index (χ0v) is 16.0. The highest BCUT2D eigenvalue weighted by Crippen LogP contribution is 2.28. The second-order valence-electron chi connectivity index (χ2n) is 7.65. The molecule has 0 aliphatic heterocycles. The van der Waals surface area contributed by atoms with E-state index in [-0.39, 0.29) is 24.2 Å². The monoisotopic (exact) mass is 368 g/mol. The van der Waals surface area contributed by atoms with E-state index in [9.17, 15) is 14.4 Å². The van der Waals surface area contributed by atoms with Gasteiger partial charge in [0.1, 0.15) is 0 Å². The van der Waals surface area contributed by atoms with Crippen LogP contribution >= 0.6 is 0 Å². The van der Waals surface area contributed by atoms with Crippen molar-refractivity contribution in [2.24, 2.45) is 17.6 Å². The van der Waals surface area contributed by atoms with Crippen LogP contribution in [0.2, 0.25) is 0 Å². The van der Waals surface area contributed by atoms with Crippen LogP contribution in [0.1, 0.15) is 89.9 Å². The van der Waals surface area contributed by atoms with Gasteiger partial charge in [0.2, 0.25) is 11.8 Å². The summed E-state index contributed by atoms with van der Waals surface area (Å²) < 4.78 is 0. The Balaban J connectivity index is 1.88. The number of primary amides is 1. The van der Waals surface area contributed by atoms with Gasteiger partial charge >= 0.3 is 5.97 Å². The summed E-state index contributed by atoms with van der Waals surface area (Å²) in [5.74, 6) is -0.250. The van der Waals surface area contributed by atoms with Crippen molar-refractivity contribution in [1.29, 1.82) is 0 Å². The number of unbranched alkanes of at least 4 members (excludes halogenated alkanes) is 7. The maximum atomic E-state index is 11.9. The molecule has 26 heavy (non-hydrogen) atoms. The van der Waals surface area contributed by atoms with Crippen molar-refractivity contribution in [3.05, 3.63) is 0 Å². The smallest absolute Gasteiger partial charge is 0.303 e. The Bertz CT molecular complexity index is 432. The van der Waals surface area contributed by atoms with E-state index in [1.807, 2.05) is 0 Å². The van der Waals surface area contributed by atoms with Crippen LogP contribution in [0.4, 0.5) is 0 Å². The Morgan fingerprint density at radius 3 is 1.81 bits per heavy atom. The minimum atomic E-state index is -0.707. The standard InChI is InChI=1S/C20H36N2O4/c21-20(26)17-13-11-16(12-14-17)15-22-18(23)9-7-5-3-1-2-4-6-8-10-19(24)25/h16-17H,1-15H2,(H2,21,26)(H,22,23)(H,24,25). The van der Waals surface area contributed by atoms with Gasteiger partial charge in [-0.2, -0.15) is 0 Å². The second-order valence-corrected chi connectivity index (χ2v) is 7.65. The number of hydrogen-bond acceptors (Lipinski definition) is 3. The lowest BCUT2D eigenvalue weighted by molar-refractivity contribution is -0.137. The van der Waals surface area contributed by atoms with Crippen molar-refractivity contribution < 1.29 is 19.5 Å². The first-order valence-corrected chi connectivity index (χ1v) is 10.3. The second kappa shape index (κ2) is 13.6. The van der Waals surface area contributed by atoms with E-state index in [0.29, 0.717) is 12.3 Å². The highest BCUT2D eigenvalue weighted by atomic mass is 16.4. The van der Waals surface area contributed by atoms with E-state index in [0.717, 1.165) is 83.6 Å². The lowest BCUT2D eigenvalue weighted by Gasteiger charge is -2.26. The molecule has 1 fully saturated rings. The third-order valence-electron chi connectivity index (χ3n) is 5.38. The Hall–Kier alpha value is -1.59. The van der Waals surface area contributed by atoms with Gasteiger partial charge in [-0.1, -0.05) is 38.5 Å². The molecule has 0 unspecified atom stereocenters. The maximum Gasteiger partial charge on any atom is 0.303 e. The van der Waals surface area contributed by atoms with E-state index in [1.54, 1.807) is 0 Å². The quantitative estimate of drug-likeness (QED) is 0.408. The minimum absolute atomic E-state index is 0.0270. The topological polar surface area (TPSA) is 109 Å². The van der Waals surface area contributed by atoms with Gasteiger partial charge < -0.3 is 16.2 Å².